The van der Waals surface area contributed by atoms with Crippen LogP contribution in [0.5, 0.6) is 0 Å². The quantitative estimate of drug-likeness (QED) is 0.633. The average molecular weight is 477 g/mol. The number of carbonyl (C=O) groups is 2. The highest BCUT2D eigenvalue weighted by Gasteiger charge is 2.32. The maximum Gasteiger partial charge on any atom is 0.251 e. The molecule has 172 valence electrons. The Bertz CT molecular complexity index is 1110. The van der Waals surface area contributed by atoms with Crippen LogP contribution in [0.25, 0.3) is 0 Å². The highest BCUT2D eigenvalue weighted by atomic mass is 32.2. The molecule has 1 atom stereocenters. The number of nitrogens with two attached hydrogens (primary N) is 1. The fourth-order valence-electron chi connectivity index (χ4n) is 4.38. The van der Waals surface area contributed by atoms with Crippen molar-refractivity contribution in [1.29, 1.82) is 0 Å². The summed E-state index contributed by atoms with van der Waals surface area (Å²) in [5, 5.41) is 3.43. The van der Waals surface area contributed by atoms with Crippen molar-refractivity contribution >= 4 is 38.2 Å². The Morgan fingerprint density at radius 2 is 1.81 bits per heavy atom. The number of sulfonamides is 1. The summed E-state index contributed by atoms with van der Waals surface area (Å²) in [5.41, 5.74) is 7.76. The minimum atomic E-state index is -3.41. The predicted molar refractivity (Wildman–Crippen MR) is 125 cm³/mol. The van der Waals surface area contributed by atoms with Gasteiger partial charge in [0.15, 0.2) is 0 Å². The predicted octanol–water partition coefficient (Wildman–Crippen LogP) is 1.81. The molecule has 32 heavy (non-hydrogen) atoms. The van der Waals surface area contributed by atoms with E-state index in [9.17, 15) is 18.0 Å². The zero-order valence-corrected chi connectivity index (χ0v) is 19.7. The summed E-state index contributed by atoms with van der Waals surface area (Å²) >= 11 is 1.44. The minimum absolute atomic E-state index is 0.0250. The molecule has 0 unspecified atom stereocenters. The Hall–Kier alpha value is -2.27. The van der Waals surface area contributed by atoms with E-state index in [0.29, 0.717) is 36.7 Å². The Morgan fingerprint density at radius 3 is 2.47 bits per heavy atom. The Morgan fingerprint density at radius 1 is 1.12 bits per heavy atom. The topological polar surface area (TPSA) is 113 Å². The van der Waals surface area contributed by atoms with Gasteiger partial charge in [-0.3, -0.25) is 14.5 Å². The first-order valence-corrected chi connectivity index (χ1v) is 13.2. The van der Waals surface area contributed by atoms with Crippen molar-refractivity contribution in [2.45, 2.75) is 38.0 Å². The molecule has 2 aromatic rings. The second kappa shape index (κ2) is 9.30. The molecule has 0 bridgehead atoms. The lowest BCUT2D eigenvalue weighted by Crippen LogP contribution is -2.54. The number of hydrogen-bond acceptors (Lipinski definition) is 6. The van der Waals surface area contributed by atoms with Gasteiger partial charge in [0.25, 0.3) is 5.91 Å². The lowest BCUT2D eigenvalue weighted by molar-refractivity contribution is -0.121. The van der Waals surface area contributed by atoms with Crippen LogP contribution in [0.15, 0.2) is 30.3 Å². The van der Waals surface area contributed by atoms with Crippen molar-refractivity contribution in [3.05, 3.63) is 51.9 Å². The van der Waals surface area contributed by atoms with Crippen LogP contribution in [0, 0.1) is 0 Å². The van der Waals surface area contributed by atoms with Gasteiger partial charge in [0.2, 0.25) is 15.9 Å². The number of nitrogens with one attached hydrogen (secondary N) is 1. The molecule has 10 heteroatoms. The van der Waals surface area contributed by atoms with Gasteiger partial charge in [-0.25, -0.2) is 8.42 Å². The van der Waals surface area contributed by atoms with Crippen molar-refractivity contribution in [2.75, 3.05) is 31.5 Å². The van der Waals surface area contributed by atoms with Gasteiger partial charge in [-0.05, 0) is 37.3 Å². The number of rotatable bonds is 7. The molecule has 0 saturated carbocycles. The standard InChI is InChI=1S/C22H28N4O4S2/c1-15(21(28)24-22-19(20(23)27)17-8-5-9-18(17)31-22)25-10-12-26(13-11-25)32(29,30)14-16-6-3-2-4-7-16/h2-4,6-7,15H,5,8-14H2,1H3,(H2,23,27)(H,24,28)/t15-/m0/s1. The fraction of sp³-hybridized carbons (Fsp3) is 0.455. The van der Waals surface area contributed by atoms with E-state index in [1.807, 2.05) is 23.1 Å². The second-order valence-corrected chi connectivity index (χ2v) is 11.3. The second-order valence-electron chi connectivity index (χ2n) is 8.27. The van der Waals surface area contributed by atoms with E-state index >= 15 is 0 Å². The van der Waals surface area contributed by atoms with Crippen molar-refractivity contribution in [3.63, 3.8) is 0 Å². The average Bonchev–Trinajstić information content (AvgIpc) is 3.34. The van der Waals surface area contributed by atoms with Crippen molar-refractivity contribution in [1.82, 2.24) is 9.21 Å². The number of nitrogens with zero attached hydrogens (tertiary/aromatic N) is 2. The zero-order chi connectivity index (χ0) is 22.9. The van der Waals surface area contributed by atoms with Gasteiger partial charge in [0.1, 0.15) is 5.00 Å². The molecule has 1 fully saturated rings. The van der Waals surface area contributed by atoms with Crippen LogP contribution in [0.1, 0.15) is 39.7 Å². The number of benzene rings is 1. The Balaban J connectivity index is 1.36. The Kier molecular flexibility index (Phi) is 6.66. The van der Waals surface area contributed by atoms with E-state index < -0.39 is 22.0 Å². The highest BCUT2D eigenvalue weighted by Crippen LogP contribution is 2.39. The molecule has 1 saturated heterocycles. The van der Waals surface area contributed by atoms with E-state index in [1.54, 1.807) is 19.1 Å². The number of anilines is 1. The molecule has 0 spiro atoms. The number of amides is 2. The fourth-order valence-corrected chi connectivity index (χ4v) is 7.19. The van der Waals surface area contributed by atoms with Gasteiger partial charge in [-0.1, -0.05) is 30.3 Å². The van der Waals surface area contributed by atoms with Crippen LogP contribution in [0.3, 0.4) is 0 Å². The molecule has 2 aliphatic rings. The monoisotopic (exact) mass is 476 g/mol. The summed E-state index contributed by atoms with van der Waals surface area (Å²) in [6, 6.07) is 8.68. The van der Waals surface area contributed by atoms with E-state index in [0.717, 1.165) is 35.3 Å². The number of fused-ring (bicyclic) bond motifs is 1. The third kappa shape index (κ3) is 4.73. The van der Waals surface area contributed by atoms with Crippen LogP contribution >= 0.6 is 11.3 Å². The summed E-state index contributed by atoms with van der Waals surface area (Å²) < 4.78 is 27.0. The summed E-state index contributed by atoms with van der Waals surface area (Å²) in [5.74, 6) is -0.749. The molecule has 1 aromatic heterocycles. The van der Waals surface area contributed by atoms with Gasteiger partial charge >= 0.3 is 0 Å². The lowest BCUT2D eigenvalue weighted by Gasteiger charge is -2.36. The van der Waals surface area contributed by atoms with E-state index in [4.69, 9.17) is 5.73 Å². The smallest absolute Gasteiger partial charge is 0.251 e. The van der Waals surface area contributed by atoms with Gasteiger partial charge in [-0.15, -0.1) is 11.3 Å². The number of piperazine rings is 1. The van der Waals surface area contributed by atoms with Gasteiger partial charge < -0.3 is 11.1 Å². The van der Waals surface area contributed by atoms with Crippen LogP contribution in [0.4, 0.5) is 5.00 Å². The maximum atomic E-state index is 12.9. The summed E-state index contributed by atoms with van der Waals surface area (Å²) in [7, 11) is -3.41. The number of carbonyl (C=O) groups excluding carboxylic acids is 2. The van der Waals surface area contributed by atoms with E-state index in [-0.39, 0.29) is 11.7 Å². The molecular weight excluding hydrogens is 448 g/mol. The minimum Gasteiger partial charge on any atom is -0.365 e. The molecule has 8 nitrogen and oxygen atoms in total. The van der Waals surface area contributed by atoms with Crippen molar-refractivity contribution < 1.29 is 18.0 Å². The molecule has 4 rings (SSSR count). The number of aryl methyl sites for hydroxylation is 1. The lowest BCUT2D eigenvalue weighted by atomic mass is 10.1. The first kappa shape index (κ1) is 22.9. The molecule has 2 amide bonds. The SMILES string of the molecule is C[C@@H](C(=O)Nc1sc2c(c1C(N)=O)CCC2)N1CCN(S(=O)(=O)Cc2ccccc2)CC1. The highest BCUT2D eigenvalue weighted by molar-refractivity contribution is 7.88. The first-order chi connectivity index (χ1) is 15.3. The molecule has 2 heterocycles. The van der Waals surface area contributed by atoms with Gasteiger partial charge in [-0.2, -0.15) is 4.31 Å². The first-order valence-electron chi connectivity index (χ1n) is 10.8. The van der Waals surface area contributed by atoms with Crippen LogP contribution in [0.2, 0.25) is 0 Å². The Labute approximate surface area is 192 Å². The maximum absolute atomic E-state index is 12.9. The molecule has 1 aromatic carbocycles. The largest absolute Gasteiger partial charge is 0.365 e. The van der Waals surface area contributed by atoms with E-state index in [2.05, 4.69) is 5.32 Å². The molecule has 3 N–H and O–H groups in total. The molecule has 1 aliphatic carbocycles. The van der Waals surface area contributed by atoms with E-state index in [1.165, 1.54) is 15.6 Å². The third-order valence-electron chi connectivity index (χ3n) is 6.19. The molecule has 0 radical (unpaired) electrons. The van der Waals surface area contributed by atoms with Crippen molar-refractivity contribution in [2.24, 2.45) is 5.73 Å². The number of hydrogen-bond donors (Lipinski definition) is 2. The third-order valence-corrected chi connectivity index (χ3v) is 9.25. The zero-order valence-electron chi connectivity index (χ0n) is 18.0. The normalized spacial score (nSPS) is 18.3. The summed E-state index contributed by atoms with van der Waals surface area (Å²) in [6.07, 6.45) is 2.73. The molecular formula is C22H28N4O4S2. The van der Waals surface area contributed by atoms with Gasteiger partial charge in [0.05, 0.1) is 17.4 Å². The van der Waals surface area contributed by atoms with Crippen LogP contribution < -0.4 is 11.1 Å². The number of thiophene rings is 1. The summed E-state index contributed by atoms with van der Waals surface area (Å²) in [4.78, 5) is 28.0. The van der Waals surface area contributed by atoms with Crippen LogP contribution in [-0.4, -0.2) is 61.7 Å². The van der Waals surface area contributed by atoms with Gasteiger partial charge in [0, 0.05) is 31.1 Å². The van der Waals surface area contributed by atoms with Crippen molar-refractivity contribution in [3.8, 4) is 0 Å². The molecule has 1 aliphatic heterocycles. The van der Waals surface area contributed by atoms with Crippen LogP contribution in [-0.2, 0) is 33.4 Å². The summed E-state index contributed by atoms with van der Waals surface area (Å²) in [6.45, 7) is 3.41. The number of primary amides is 1.